The van der Waals surface area contributed by atoms with Crippen LogP contribution in [0.5, 0.6) is 5.75 Å². The Morgan fingerprint density at radius 1 is 1.35 bits per heavy atom. The highest BCUT2D eigenvalue weighted by molar-refractivity contribution is 5.39. The summed E-state index contributed by atoms with van der Waals surface area (Å²) in [6.07, 6.45) is 7.23. The lowest BCUT2D eigenvalue weighted by molar-refractivity contribution is 0.305. The first kappa shape index (κ1) is 13.1. The quantitative estimate of drug-likeness (QED) is 0.924. The van der Waals surface area contributed by atoms with Crippen LogP contribution in [0.15, 0.2) is 42.7 Å². The molecule has 1 N–H and O–H groups in total. The molecular weight excluding hydrogens is 248 g/mol. The standard InChI is InChI=1S/C17H20N2O/c1-18-17-6-2-5-14-10-15(7-8-16(14)17)20-12-13-4-3-9-19-11-13/h3-4,7-11,17-18H,2,5-6,12H2,1H3. The van der Waals surface area contributed by atoms with E-state index in [2.05, 4.69) is 28.5 Å². The maximum Gasteiger partial charge on any atom is 0.120 e. The number of aryl methyl sites for hydroxylation is 1. The SMILES string of the molecule is CNC1CCCc2cc(OCc3cccnc3)ccc21. The van der Waals surface area contributed by atoms with E-state index in [0.717, 1.165) is 17.7 Å². The molecule has 0 saturated heterocycles. The van der Waals surface area contributed by atoms with Gasteiger partial charge in [0.1, 0.15) is 12.4 Å². The van der Waals surface area contributed by atoms with Crippen LogP contribution < -0.4 is 10.1 Å². The summed E-state index contributed by atoms with van der Waals surface area (Å²) in [5.74, 6) is 0.948. The Bertz CT molecular complexity index is 568. The van der Waals surface area contributed by atoms with E-state index in [1.807, 2.05) is 25.4 Å². The van der Waals surface area contributed by atoms with Gasteiger partial charge in [0.15, 0.2) is 0 Å². The molecule has 104 valence electrons. The molecule has 0 spiro atoms. The van der Waals surface area contributed by atoms with Crippen LogP contribution in [0.25, 0.3) is 0 Å². The second-order valence-corrected chi connectivity index (χ2v) is 5.24. The molecule has 1 aliphatic rings. The monoisotopic (exact) mass is 268 g/mol. The fraction of sp³-hybridized carbons (Fsp3) is 0.353. The number of ether oxygens (including phenoxy) is 1. The van der Waals surface area contributed by atoms with Crippen molar-refractivity contribution in [3.63, 3.8) is 0 Å². The van der Waals surface area contributed by atoms with Crippen molar-refractivity contribution in [2.45, 2.75) is 31.9 Å². The van der Waals surface area contributed by atoms with E-state index < -0.39 is 0 Å². The normalized spacial score (nSPS) is 17.6. The Morgan fingerprint density at radius 3 is 3.10 bits per heavy atom. The summed E-state index contributed by atoms with van der Waals surface area (Å²) in [5, 5.41) is 3.39. The molecule has 0 amide bonds. The van der Waals surface area contributed by atoms with Gasteiger partial charge in [-0.25, -0.2) is 0 Å². The average Bonchev–Trinajstić information content (AvgIpc) is 2.53. The molecule has 0 radical (unpaired) electrons. The third-order valence-corrected chi connectivity index (χ3v) is 3.91. The Kier molecular flexibility index (Phi) is 3.97. The van der Waals surface area contributed by atoms with Gasteiger partial charge in [-0.2, -0.15) is 0 Å². The lowest BCUT2D eigenvalue weighted by Gasteiger charge is -2.25. The highest BCUT2D eigenvalue weighted by Gasteiger charge is 2.18. The van der Waals surface area contributed by atoms with E-state index in [0.29, 0.717) is 12.6 Å². The van der Waals surface area contributed by atoms with Gasteiger partial charge in [-0.1, -0.05) is 12.1 Å². The highest BCUT2D eigenvalue weighted by atomic mass is 16.5. The zero-order valence-corrected chi connectivity index (χ0v) is 11.8. The van der Waals surface area contributed by atoms with Crippen molar-refractivity contribution in [1.82, 2.24) is 10.3 Å². The van der Waals surface area contributed by atoms with Gasteiger partial charge >= 0.3 is 0 Å². The molecular formula is C17H20N2O. The average molecular weight is 268 g/mol. The maximum absolute atomic E-state index is 5.87. The van der Waals surface area contributed by atoms with Crippen LogP contribution in [0.3, 0.4) is 0 Å². The van der Waals surface area contributed by atoms with E-state index in [-0.39, 0.29) is 0 Å². The zero-order valence-electron chi connectivity index (χ0n) is 11.8. The van der Waals surface area contributed by atoms with Gasteiger partial charge < -0.3 is 10.1 Å². The van der Waals surface area contributed by atoms with E-state index >= 15 is 0 Å². The van der Waals surface area contributed by atoms with Crippen molar-refractivity contribution in [2.24, 2.45) is 0 Å². The largest absolute Gasteiger partial charge is 0.489 e. The fourth-order valence-electron chi connectivity index (χ4n) is 2.83. The number of hydrogen-bond donors (Lipinski definition) is 1. The smallest absolute Gasteiger partial charge is 0.120 e. The topological polar surface area (TPSA) is 34.1 Å². The first-order chi connectivity index (χ1) is 9.86. The number of nitrogens with one attached hydrogen (secondary N) is 1. The molecule has 1 unspecified atom stereocenters. The summed E-state index contributed by atoms with van der Waals surface area (Å²) in [4.78, 5) is 4.10. The molecule has 0 bridgehead atoms. The molecule has 20 heavy (non-hydrogen) atoms. The highest BCUT2D eigenvalue weighted by Crippen LogP contribution is 2.32. The predicted octanol–water partition coefficient (Wildman–Crippen LogP) is 3.26. The number of rotatable bonds is 4. The number of benzene rings is 1. The molecule has 1 aromatic carbocycles. The summed E-state index contributed by atoms with van der Waals surface area (Å²) in [5.41, 5.74) is 3.94. The number of pyridine rings is 1. The summed E-state index contributed by atoms with van der Waals surface area (Å²) >= 11 is 0. The first-order valence-corrected chi connectivity index (χ1v) is 7.18. The molecule has 1 atom stereocenters. The van der Waals surface area contributed by atoms with Gasteiger partial charge in [0, 0.05) is 24.0 Å². The van der Waals surface area contributed by atoms with Crippen molar-refractivity contribution in [3.8, 4) is 5.75 Å². The van der Waals surface area contributed by atoms with Gasteiger partial charge in [0.25, 0.3) is 0 Å². The van der Waals surface area contributed by atoms with Gasteiger partial charge in [0.2, 0.25) is 0 Å². The van der Waals surface area contributed by atoms with E-state index in [1.165, 1.54) is 24.0 Å². The Morgan fingerprint density at radius 2 is 2.30 bits per heavy atom. The summed E-state index contributed by atoms with van der Waals surface area (Å²) in [7, 11) is 2.03. The summed E-state index contributed by atoms with van der Waals surface area (Å²) in [6, 6.07) is 10.9. The molecule has 2 aromatic rings. The first-order valence-electron chi connectivity index (χ1n) is 7.18. The van der Waals surface area contributed by atoms with Gasteiger partial charge in [0.05, 0.1) is 0 Å². The van der Waals surface area contributed by atoms with Gasteiger partial charge in [-0.05, 0) is 55.6 Å². The predicted molar refractivity (Wildman–Crippen MR) is 79.7 cm³/mol. The molecule has 3 rings (SSSR count). The Hall–Kier alpha value is -1.87. The van der Waals surface area contributed by atoms with Crippen molar-refractivity contribution in [1.29, 1.82) is 0 Å². The lowest BCUT2D eigenvalue weighted by Crippen LogP contribution is -2.21. The van der Waals surface area contributed by atoms with Crippen molar-refractivity contribution in [3.05, 3.63) is 59.4 Å². The Balaban J connectivity index is 1.72. The van der Waals surface area contributed by atoms with Crippen LogP contribution in [0, 0.1) is 0 Å². The molecule has 0 saturated carbocycles. The van der Waals surface area contributed by atoms with Gasteiger partial charge in [-0.3, -0.25) is 4.98 Å². The summed E-state index contributed by atoms with van der Waals surface area (Å²) < 4.78 is 5.87. The third kappa shape index (κ3) is 2.83. The van der Waals surface area contributed by atoms with E-state index in [9.17, 15) is 0 Å². The van der Waals surface area contributed by atoms with Crippen molar-refractivity contribution in [2.75, 3.05) is 7.05 Å². The fourth-order valence-corrected chi connectivity index (χ4v) is 2.83. The van der Waals surface area contributed by atoms with Crippen LogP contribution in [-0.2, 0) is 13.0 Å². The molecule has 3 nitrogen and oxygen atoms in total. The van der Waals surface area contributed by atoms with Crippen LogP contribution in [0.4, 0.5) is 0 Å². The van der Waals surface area contributed by atoms with Gasteiger partial charge in [-0.15, -0.1) is 0 Å². The summed E-state index contributed by atoms with van der Waals surface area (Å²) in [6.45, 7) is 0.572. The minimum atomic E-state index is 0.492. The number of hydrogen-bond acceptors (Lipinski definition) is 3. The molecule has 1 heterocycles. The van der Waals surface area contributed by atoms with E-state index in [4.69, 9.17) is 4.74 Å². The van der Waals surface area contributed by atoms with Crippen LogP contribution in [-0.4, -0.2) is 12.0 Å². The molecule has 1 aliphatic carbocycles. The van der Waals surface area contributed by atoms with Crippen LogP contribution in [0.2, 0.25) is 0 Å². The molecule has 3 heteroatoms. The Labute approximate surface area is 120 Å². The number of nitrogens with zero attached hydrogens (tertiary/aromatic N) is 1. The second kappa shape index (κ2) is 6.06. The molecule has 1 aromatic heterocycles. The molecule has 0 aliphatic heterocycles. The zero-order chi connectivity index (χ0) is 13.8. The van der Waals surface area contributed by atoms with Crippen LogP contribution >= 0.6 is 0 Å². The van der Waals surface area contributed by atoms with Crippen molar-refractivity contribution < 1.29 is 4.74 Å². The minimum absolute atomic E-state index is 0.492. The second-order valence-electron chi connectivity index (χ2n) is 5.24. The minimum Gasteiger partial charge on any atom is -0.489 e. The van der Waals surface area contributed by atoms with Crippen molar-refractivity contribution >= 4 is 0 Å². The molecule has 0 fully saturated rings. The third-order valence-electron chi connectivity index (χ3n) is 3.91. The maximum atomic E-state index is 5.87. The van der Waals surface area contributed by atoms with Crippen LogP contribution in [0.1, 0.15) is 35.6 Å². The van der Waals surface area contributed by atoms with E-state index in [1.54, 1.807) is 6.20 Å². The number of fused-ring (bicyclic) bond motifs is 1. The number of aromatic nitrogens is 1. The lowest BCUT2D eigenvalue weighted by atomic mass is 9.87.